The first-order valence-corrected chi connectivity index (χ1v) is 9.28. The van der Waals surface area contributed by atoms with Crippen molar-refractivity contribution in [3.05, 3.63) is 53.0 Å². The Morgan fingerprint density at radius 1 is 1.04 bits per heavy atom. The molecule has 1 aliphatic rings. The summed E-state index contributed by atoms with van der Waals surface area (Å²) in [6.07, 6.45) is 2.53. The van der Waals surface area contributed by atoms with Crippen molar-refractivity contribution in [3.8, 4) is 11.4 Å². The number of hydrogen-bond acceptors (Lipinski definition) is 3. The normalized spacial score (nSPS) is 18.1. The van der Waals surface area contributed by atoms with Gasteiger partial charge < -0.3 is 4.90 Å². The van der Waals surface area contributed by atoms with Crippen LogP contribution in [0.2, 0.25) is 0 Å². The summed E-state index contributed by atoms with van der Waals surface area (Å²) in [7, 11) is 0. The third-order valence-corrected chi connectivity index (χ3v) is 5.17. The molecule has 3 nitrogen and oxygen atoms in total. The number of fused-ring (bicyclic) bond motifs is 1. The monoisotopic (exact) mass is 381 g/mol. The first-order valence-electron chi connectivity index (χ1n) is 8.48. The zero-order chi connectivity index (χ0) is 16.5. The first kappa shape index (κ1) is 15.6. The molecule has 1 aliphatic heterocycles. The van der Waals surface area contributed by atoms with Gasteiger partial charge in [0.25, 0.3) is 0 Å². The van der Waals surface area contributed by atoms with Gasteiger partial charge in [0.15, 0.2) is 5.82 Å². The van der Waals surface area contributed by atoms with Gasteiger partial charge >= 0.3 is 0 Å². The lowest BCUT2D eigenvalue weighted by molar-refractivity contribution is 0.445. The molecule has 0 spiro atoms. The molecular formula is C20H20BrN3. The number of benzene rings is 2. The van der Waals surface area contributed by atoms with Gasteiger partial charge in [-0.15, -0.1) is 0 Å². The van der Waals surface area contributed by atoms with Gasteiger partial charge in [-0.25, -0.2) is 9.97 Å². The smallest absolute Gasteiger partial charge is 0.162 e. The molecule has 1 atom stereocenters. The molecule has 4 rings (SSSR count). The third kappa shape index (κ3) is 3.03. The Morgan fingerprint density at radius 2 is 1.83 bits per heavy atom. The highest BCUT2D eigenvalue weighted by atomic mass is 79.9. The highest BCUT2D eigenvalue weighted by Gasteiger charge is 2.20. The van der Waals surface area contributed by atoms with E-state index in [1.165, 1.54) is 12.8 Å². The maximum atomic E-state index is 4.96. The van der Waals surface area contributed by atoms with Crippen molar-refractivity contribution in [3.63, 3.8) is 0 Å². The van der Waals surface area contributed by atoms with E-state index in [0.29, 0.717) is 5.92 Å². The molecule has 0 N–H and O–H groups in total. The van der Waals surface area contributed by atoms with Crippen LogP contribution in [-0.4, -0.2) is 23.1 Å². The number of rotatable bonds is 2. The third-order valence-electron chi connectivity index (χ3n) is 4.64. The maximum absolute atomic E-state index is 4.96. The second-order valence-electron chi connectivity index (χ2n) is 6.59. The van der Waals surface area contributed by atoms with Crippen LogP contribution in [0.3, 0.4) is 0 Å². The number of hydrogen-bond donors (Lipinski definition) is 0. The summed E-state index contributed by atoms with van der Waals surface area (Å²) in [6, 6.07) is 16.5. The highest BCUT2D eigenvalue weighted by molar-refractivity contribution is 9.10. The molecule has 2 heterocycles. The van der Waals surface area contributed by atoms with E-state index in [1.54, 1.807) is 0 Å². The summed E-state index contributed by atoms with van der Waals surface area (Å²) in [6.45, 7) is 4.47. The molecule has 1 aromatic heterocycles. The Labute approximate surface area is 150 Å². The molecule has 0 bridgehead atoms. The molecule has 4 heteroatoms. The fourth-order valence-electron chi connectivity index (χ4n) is 3.41. The fraction of sp³-hybridized carbons (Fsp3) is 0.300. The van der Waals surface area contributed by atoms with Crippen LogP contribution in [0.5, 0.6) is 0 Å². The molecule has 0 amide bonds. The molecule has 1 unspecified atom stereocenters. The van der Waals surface area contributed by atoms with Crippen molar-refractivity contribution in [1.82, 2.24) is 9.97 Å². The molecule has 1 fully saturated rings. The first-order chi connectivity index (χ1) is 11.7. The molecule has 3 aromatic rings. The summed E-state index contributed by atoms with van der Waals surface area (Å²) in [5.74, 6) is 2.59. The Kier molecular flexibility index (Phi) is 4.23. The predicted octanol–water partition coefficient (Wildman–Crippen LogP) is 5.30. The van der Waals surface area contributed by atoms with Crippen LogP contribution in [0.15, 0.2) is 53.0 Å². The lowest BCUT2D eigenvalue weighted by atomic mass is 10.00. The van der Waals surface area contributed by atoms with E-state index in [0.717, 1.165) is 45.7 Å². The Balaban J connectivity index is 1.86. The molecule has 0 aliphatic carbocycles. The molecule has 0 radical (unpaired) electrons. The molecule has 1 saturated heterocycles. The van der Waals surface area contributed by atoms with Crippen LogP contribution in [0.4, 0.5) is 5.82 Å². The van der Waals surface area contributed by atoms with Gasteiger partial charge in [0.1, 0.15) is 5.82 Å². The minimum absolute atomic E-state index is 0.712. The number of halogens is 1. The minimum Gasteiger partial charge on any atom is -0.356 e. The van der Waals surface area contributed by atoms with E-state index < -0.39 is 0 Å². The van der Waals surface area contributed by atoms with E-state index in [4.69, 9.17) is 9.97 Å². The summed E-state index contributed by atoms with van der Waals surface area (Å²) < 4.78 is 1.07. The lowest BCUT2D eigenvalue weighted by Gasteiger charge is -2.32. The van der Waals surface area contributed by atoms with Crippen LogP contribution in [0.1, 0.15) is 19.8 Å². The summed E-state index contributed by atoms with van der Waals surface area (Å²) in [5, 5.41) is 1.15. The Bertz CT molecular complexity index is 860. The average molecular weight is 382 g/mol. The largest absolute Gasteiger partial charge is 0.356 e. The average Bonchev–Trinajstić information content (AvgIpc) is 2.61. The van der Waals surface area contributed by atoms with Crippen LogP contribution in [0, 0.1) is 5.92 Å². The van der Waals surface area contributed by atoms with Gasteiger partial charge in [-0.3, -0.25) is 0 Å². The number of anilines is 1. The van der Waals surface area contributed by atoms with Crippen LogP contribution in [0.25, 0.3) is 22.3 Å². The van der Waals surface area contributed by atoms with E-state index in [2.05, 4.69) is 58.1 Å². The fourth-order valence-corrected chi connectivity index (χ4v) is 3.68. The maximum Gasteiger partial charge on any atom is 0.162 e. The molecule has 24 heavy (non-hydrogen) atoms. The van der Waals surface area contributed by atoms with Gasteiger partial charge in [0.05, 0.1) is 5.52 Å². The second-order valence-corrected chi connectivity index (χ2v) is 7.50. The standard InChI is InChI=1S/C20H20BrN3/c1-14-5-4-12-24(13-14)20-17-6-2-3-7-18(17)22-19(23-20)15-8-10-16(21)11-9-15/h2-3,6-11,14H,4-5,12-13H2,1H3. The van der Waals surface area contributed by atoms with Crippen molar-refractivity contribution < 1.29 is 0 Å². The van der Waals surface area contributed by atoms with E-state index >= 15 is 0 Å². The van der Waals surface area contributed by atoms with Crippen LogP contribution >= 0.6 is 15.9 Å². The van der Waals surface area contributed by atoms with Crippen molar-refractivity contribution in [2.24, 2.45) is 5.92 Å². The van der Waals surface area contributed by atoms with Crippen molar-refractivity contribution in [1.29, 1.82) is 0 Å². The van der Waals surface area contributed by atoms with Gasteiger partial charge in [0, 0.05) is 28.5 Å². The van der Waals surface area contributed by atoms with Crippen LogP contribution in [-0.2, 0) is 0 Å². The van der Waals surface area contributed by atoms with E-state index in [9.17, 15) is 0 Å². The van der Waals surface area contributed by atoms with Gasteiger partial charge in [-0.2, -0.15) is 0 Å². The number of para-hydroxylation sites is 1. The van der Waals surface area contributed by atoms with Crippen molar-refractivity contribution in [2.75, 3.05) is 18.0 Å². The van der Waals surface area contributed by atoms with Gasteiger partial charge in [0.2, 0.25) is 0 Å². The number of nitrogens with zero attached hydrogens (tertiary/aromatic N) is 3. The predicted molar refractivity (Wildman–Crippen MR) is 103 cm³/mol. The minimum atomic E-state index is 0.712. The van der Waals surface area contributed by atoms with Crippen LogP contribution < -0.4 is 4.90 Å². The van der Waals surface area contributed by atoms with E-state index in [-0.39, 0.29) is 0 Å². The molecule has 0 saturated carbocycles. The molecule has 2 aromatic carbocycles. The topological polar surface area (TPSA) is 29.0 Å². The van der Waals surface area contributed by atoms with Gasteiger partial charge in [-0.05, 0) is 43.0 Å². The SMILES string of the molecule is CC1CCCN(c2nc(-c3ccc(Br)cc3)nc3ccccc23)C1. The zero-order valence-electron chi connectivity index (χ0n) is 13.7. The molecular weight excluding hydrogens is 362 g/mol. The van der Waals surface area contributed by atoms with E-state index in [1.807, 2.05) is 18.2 Å². The molecule has 122 valence electrons. The van der Waals surface area contributed by atoms with Gasteiger partial charge in [-0.1, -0.05) is 47.1 Å². The summed E-state index contributed by atoms with van der Waals surface area (Å²) in [5.41, 5.74) is 2.06. The highest BCUT2D eigenvalue weighted by Crippen LogP contribution is 2.30. The Morgan fingerprint density at radius 3 is 2.62 bits per heavy atom. The quantitative estimate of drug-likeness (QED) is 0.603. The Hall–Kier alpha value is -1.94. The van der Waals surface area contributed by atoms with Crippen molar-refractivity contribution >= 4 is 32.7 Å². The second kappa shape index (κ2) is 6.52. The van der Waals surface area contributed by atoms with Crippen molar-refractivity contribution in [2.45, 2.75) is 19.8 Å². The lowest BCUT2D eigenvalue weighted by Crippen LogP contribution is -2.35. The number of piperidine rings is 1. The summed E-state index contributed by atoms with van der Waals surface area (Å²) >= 11 is 3.49. The number of aromatic nitrogens is 2. The zero-order valence-corrected chi connectivity index (χ0v) is 15.3. The summed E-state index contributed by atoms with van der Waals surface area (Å²) in [4.78, 5) is 12.2.